The van der Waals surface area contributed by atoms with Crippen LogP contribution in [0.1, 0.15) is 26.7 Å². The number of halogens is 1. The first-order chi connectivity index (χ1) is 9.26. The smallest absolute Gasteiger partial charge is 0.179 e. The van der Waals surface area contributed by atoms with E-state index >= 15 is 0 Å². The van der Waals surface area contributed by atoms with Gasteiger partial charge in [-0.3, -0.25) is 4.68 Å². The van der Waals surface area contributed by atoms with Gasteiger partial charge < -0.3 is 5.32 Å². The van der Waals surface area contributed by atoms with E-state index in [1.165, 1.54) is 0 Å². The van der Waals surface area contributed by atoms with Gasteiger partial charge in [0.2, 0.25) is 0 Å². The molecule has 102 valence electrons. The van der Waals surface area contributed by atoms with Crippen molar-refractivity contribution in [1.29, 1.82) is 0 Å². The Labute approximate surface area is 127 Å². The molecule has 0 bridgehead atoms. The molecule has 6 heteroatoms. The van der Waals surface area contributed by atoms with Gasteiger partial charge in [0.15, 0.2) is 5.82 Å². The van der Waals surface area contributed by atoms with Crippen LogP contribution in [0.15, 0.2) is 18.5 Å². The van der Waals surface area contributed by atoms with Gasteiger partial charge in [0.25, 0.3) is 0 Å². The summed E-state index contributed by atoms with van der Waals surface area (Å²) in [4.78, 5) is 9.02. The molecule has 0 fully saturated rings. The molecule has 0 saturated carbocycles. The fourth-order valence-corrected chi connectivity index (χ4v) is 2.22. The second-order valence-corrected chi connectivity index (χ2v) is 5.42. The standard InChI is InChI=1S/C13H18IN5/c1-3-6-15-12-10(14)9-16-13(18-12)11-5-7-17-19(11)8-4-2/h5,7,9H,3-4,6,8H2,1-2H3,(H,15,16,18). The zero-order valence-corrected chi connectivity index (χ0v) is 13.4. The van der Waals surface area contributed by atoms with Crippen LogP contribution in [0.2, 0.25) is 0 Å². The Morgan fingerprint density at radius 3 is 2.89 bits per heavy atom. The van der Waals surface area contributed by atoms with Crippen molar-refractivity contribution in [3.63, 3.8) is 0 Å². The number of rotatable bonds is 6. The minimum atomic E-state index is 0.727. The maximum Gasteiger partial charge on any atom is 0.179 e. The van der Waals surface area contributed by atoms with Crippen LogP contribution in [-0.4, -0.2) is 26.3 Å². The summed E-state index contributed by atoms with van der Waals surface area (Å²) in [6.45, 7) is 6.07. The van der Waals surface area contributed by atoms with E-state index in [2.05, 4.69) is 56.8 Å². The van der Waals surface area contributed by atoms with Crippen LogP contribution in [0.5, 0.6) is 0 Å². The largest absolute Gasteiger partial charge is 0.369 e. The van der Waals surface area contributed by atoms with Crippen molar-refractivity contribution in [3.05, 3.63) is 22.0 Å². The predicted molar refractivity (Wildman–Crippen MR) is 85.0 cm³/mol. The lowest BCUT2D eigenvalue weighted by Gasteiger charge is -2.09. The Bertz CT molecular complexity index is 538. The van der Waals surface area contributed by atoms with Gasteiger partial charge in [0.1, 0.15) is 11.5 Å². The molecule has 0 atom stereocenters. The maximum atomic E-state index is 4.60. The molecular formula is C13H18IN5. The second-order valence-electron chi connectivity index (χ2n) is 4.26. The fourth-order valence-electron chi connectivity index (χ4n) is 1.77. The Balaban J connectivity index is 2.31. The summed E-state index contributed by atoms with van der Waals surface area (Å²) < 4.78 is 2.99. The molecule has 0 spiro atoms. The molecule has 0 unspecified atom stereocenters. The Hall–Kier alpha value is -1.18. The van der Waals surface area contributed by atoms with Gasteiger partial charge in [-0.15, -0.1) is 0 Å². The van der Waals surface area contributed by atoms with Gasteiger partial charge in [-0.25, -0.2) is 9.97 Å². The van der Waals surface area contributed by atoms with E-state index in [0.717, 1.165) is 46.8 Å². The molecule has 5 nitrogen and oxygen atoms in total. The minimum Gasteiger partial charge on any atom is -0.369 e. The molecule has 2 aromatic heterocycles. The van der Waals surface area contributed by atoms with E-state index in [9.17, 15) is 0 Å². The number of hydrogen-bond acceptors (Lipinski definition) is 4. The number of nitrogens with one attached hydrogen (secondary N) is 1. The number of anilines is 1. The topological polar surface area (TPSA) is 55.6 Å². The average molecular weight is 371 g/mol. The molecule has 0 aromatic carbocycles. The number of aromatic nitrogens is 4. The van der Waals surface area contributed by atoms with Crippen molar-refractivity contribution in [3.8, 4) is 11.5 Å². The van der Waals surface area contributed by atoms with Crippen molar-refractivity contribution < 1.29 is 0 Å². The molecule has 2 rings (SSSR count). The normalized spacial score (nSPS) is 10.7. The third kappa shape index (κ3) is 3.43. The van der Waals surface area contributed by atoms with Gasteiger partial charge in [-0.2, -0.15) is 5.10 Å². The van der Waals surface area contributed by atoms with Crippen LogP contribution in [0.4, 0.5) is 5.82 Å². The van der Waals surface area contributed by atoms with Crippen LogP contribution in [0.3, 0.4) is 0 Å². The first-order valence-electron chi connectivity index (χ1n) is 6.54. The number of hydrogen-bond donors (Lipinski definition) is 1. The lowest BCUT2D eigenvalue weighted by atomic mass is 10.3. The first kappa shape index (κ1) is 14.2. The molecule has 0 aliphatic heterocycles. The van der Waals surface area contributed by atoms with E-state index in [1.807, 2.05) is 16.9 Å². The van der Waals surface area contributed by atoms with E-state index in [4.69, 9.17) is 0 Å². The first-order valence-corrected chi connectivity index (χ1v) is 7.62. The molecule has 0 aliphatic carbocycles. The van der Waals surface area contributed by atoms with Crippen molar-refractivity contribution in [1.82, 2.24) is 19.7 Å². The van der Waals surface area contributed by atoms with Crippen LogP contribution in [0, 0.1) is 3.57 Å². The van der Waals surface area contributed by atoms with Gasteiger partial charge >= 0.3 is 0 Å². The summed E-state index contributed by atoms with van der Waals surface area (Å²) in [5, 5.41) is 7.64. The average Bonchev–Trinajstić information content (AvgIpc) is 2.87. The molecule has 0 aliphatic rings. The SMILES string of the molecule is CCCNc1nc(-c2ccnn2CCC)ncc1I. The van der Waals surface area contributed by atoms with E-state index < -0.39 is 0 Å². The highest BCUT2D eigenvalue weighted by atomic mass is 127. The lowest BCUT2D eigenvalue weighted by Crippen LogP contribution is -2.08. The number of aryl methyl sites for hydroxylation is 1. The molecule has 2 heterocycles. The van der Waals surface area contributed by atoms with Crippen molar-refractivity contribution in [2.75, 3.05) is 11.9 Å². The van der Waals surface area contributed by atoms with Gasteiger partial charge in [0.05, 0.1) is 3.57 Å². The molecule has 1 N–H and O–H groups in total. The molecule has 0 radical (unpaired) electrons. The van der Waals surface area contributed by atoms with Crippen LogP contribution in [0.25, 0.3) is 11.5 Å². The highest BCUT2D eigenvalue weighted by Gasteiger charge is 2.10. The summed E-state index contributed by atoms with van der Waals surface area (Å²) in [6, 6.07) is 1.96. The van der Waals surface area contributed by atoms with Gasteiger partial charge in [-0.05, 0) is 41.5 Å². The quantitative estimate of drug-likeness (QED) is 0.793. The Kier molecular flexibility index (Phi) is 5.12. The molecule has 0 amide bonds. The predicted octanol–water partition coefficient (Wildman–Crippen LogP) is 3.18. The van der Waals surface area contributed by atoms with Crippen molar-refractivity contribution in [2.24, 2.45) is 0 Å². The van der Waals surface area contributed by atoms with E-state index in [-0.39, 0.29) is 0 Å². The fraction of sp³-hybridized carbons (Fsp3) is 0.462. The maximum absolute atomic E-state index is 4.60. The summed E-state index contributed by atoms with van der Waals surface area (Å²) >= 11 is 2.25. The minimum absolute atomic E-state index is 0.727. The monoisotopic (exact) mass is 371 g/mol. The lowest BCUT2D eigenvalue weighted by molar-refractivity contribution is 0.606. The molecular weight excluding hydrogens is 353 g/mol. The summed E-state index contributed by atoms with van der Waals surface area (Å²) in [5.41, 5.74) is 0.970. The second kappa shape index (κ2) is 6.83. The van der Waals surface area contributed by atoms with E-state index in [0.29, 0.717) is 0 Å². The van der Waals surface area contributed by atoms with Crippen LogP contribution in [-0.2, 0) is 6.54 Å². The third-order valence-corrected chi connectivity index (χ3v) is 3.46. The van der Waals surface area contributed by atoms with E-state index in [1.54, 1.807) is 6.20 Å². The van der Waals surface area contributed by atoms with Gasteiger partial charge in [0, 0.05) is 25.5 Å². The highest BCUT2D eigenvalue weighted by molar-refractivity contribution is 14.1. The Morgan fingerprint density at radius 1 is 1.32 bits per heavy atom. The molecule has 0 saturated heterocycles. The van der Waals surface area contributed by atoms with Gasteiger partial charge in [-0.1, -0.05) is 13.8 Å². The summed E-state index contributed by atoms with van der Waals surface area (Å²) in [5.74, 6) is 1.63. The number of nitrogens with zero attached hydrogens (tertiary/aromatic N) is 4. The van der Waals surface area contributed by atoms with Crippen LogP contribution >= 0.6 is 22.6 Å². The Morgan fingerprint density at radius 2 is 2.16 bits per heavy atom. The highest BCUT2D eigenvalue weighted by Crippen LogP contribution is 2.20. The summed E-state index contributed by atoms with van der Waals surface area (Å²) in [7, 11) is 0. The molecule has 19 heavy (non-hydrogen) atoms. The molecule has 2 aromatic rings. The van der Waals surface area contributed by atoms with Crippen molar-refractivity contribution in [2.45, 2.75) is 33.2 Å². The zero-order valence-electron chi connectivity index (χ0n) is 11.2. The van der Waals surface area contributed by atoms with Crippen LogP contribution < -0.4 is 5.32 Å². The zero-order chi connectivity index (χ0) is 13.7. The third-order valence-electron chi connectivity index (χ3n) is 2.67. The summed E-state index contributed by atoms with van der Waals surface area (Å²) in [6.07, 6.45) is 5.76. The van der Waals surface area contributed by atoms with Crippen molar-refractivity contribution >= 4 is 28.4 Å².